The van der Waals surface area contributed by atoms with Crippen molar-refractivity contribution in [2.24, 2.45) is 0 Å². The zero-order valence-corrected chi connectivity index (χ0v) is 14.9. The lowest BCUT2D eigenvalue weighted by Crippen LogP contribution is -2.45. The number of carbonyl (C=O) groups excluding carboxylic acids is 2. The molecule has 1 aliphatic rings. The second-order valence-electron chi connectivity index (χ2n) is 6.17. The number of piperidine rings is 1. The van der Waals surface area contributed by atoms with Crippen molar-refractivity contribution in [1.82, 2.24) is 4.90 Å². The Morgan fingerprint density at radius 1 is 1.09 bits per heavy atom. The summed E-state index contributed by atoms with van der Waals surface area (Å²) < 4.78 is 15.6. The van der Waals surface area contributed by atoms with Gasteiger partial charge in [0.25, 0.3) is 0 Å². The van der Waals surface area contributed by atoms with E-state index in [0.717, 1.165) is 32.1 Å². The Labute approximate surface area is 139 Å². The van der Waals surface area contributed by atoms with E-state index in [1.165, 1.54) is 0 Å². The molecule has 1 heterocycles. The lowest BCUT2D eigenvalue weighted by Gasteiger charge is -2.35. The van der Waals surface area contributed by atoms with Gasteiger partial charge >= 0.3 is 12.2 Å². The minimum atomic E-state index is -0.635. The van der Waals surface area contributed by atoms with E-state index < -0.39 is 6.16 Å². The molecule has 0 radical (unpaired) electrons. The van der Waals surface area contributed by atoms with Gasteiger partial charge < -0.3 is 19.1 Å². The van der Waals surface area contributed by atoms with Crippen molar-refractivity contribution in [2.75, 3.05) is 13.2 Å². The van der Waals surface area contributed by atoms with Gasteiger partial charge in [-0.05, 0) is 46.0 Å². The van der Waals surface area contributed by atoms with Crippen molar-refractivity contribution in [3.05, 3.63) is 0 Å². The number of carbonyl (C=O) groups is 2. The molecule has 3 atom stereocenters. The lowest BCUT2D eigenvalue weighted by atomic mass is 10.0. The first-order chi connectivity index (χ1) is 11.0. The van der Waals surface area contributed by atoms with E-state index in [2.05, 4.69) is 0 Å². The second kappa shape index (κ2) is 10.3. The Balaban J connectivity index is 2.40. The largest absolute Gasteiger partial charge is 0.508 e. The van der Waals surface area contributed by atoms with Gasteiger partial charge in [0.15, 0.2) is 0 Å². The highest BCUT2D eigenvalue weighted by molar-refractivity contribution is 5.68. The number of amides is 1. The monoisotopic (exact) mass is 329 g/mol. The summed E-state index contributed by atoms with van der Waals surface area (Å²) in [6.45, 7) is 8.62. The van der Waals surface area contributed by atoms with E-state index in [-0.39, 0.29) is 30.9 Å². The molecule has 3 unspecified atom stereocenters. The molecule has 0 saturated carbocycles. The van der Waals surface area contributed by atoms with Crippen LogP contribution in [-0.4, -0.2) is 48.5 Å². The van der Waals surface area contributed by atoms with E-state index in [1.807, 2.05) is 27.7 Å². The summed E-state index contributed by atoms with van der Waals surface area (Å²) in [6, 6.07) is 0.0664. The number of hydrogen-bond donors (Lipinski definition) is 0. The molecule has 6 heteroatoms. The summed E-state index contributed by atoms with van der Waals surface area (Å²) in [4.78, 5) is 25.5. The molecule has 0 aromatic heterocycles. The first-order valence-corrected chi connectivity index (χ1v) is 8.78. The quantitative estimate of drug-likeness (QED) is 0.657. The Morgan fingerprint density at radius 2 is 1.74 bits per heavy atom. The maximum atomic E-state index is 12.2. The van der Waals surface area contributed by atoms with Crippen molar-refractivity contribution < 1.29 is 23.8 Å². The fourth-order valence-electron chi connectivity index (χ4n) is 2.42. The summed E-state index contributed by atoms with van der Waals surface area (Å²) in [5, 5.41) is 0. The van der Waals surface area contributed by atoms with Gasteiger partial charge in [0, 0.05) is 19.0 Å². The molecule has 1 aliphatic heterocycles. The summed E-state index contributed by atoms with van der Waals surface area (Å²) in [6.07, 6.45) is 4.05. The van der Waals surface area contributed by atoms with Crippen LogP contribution in [0.25, 0.3) is 0 Å². The number of nitrogens with zero attached hydrogens (tertiary/aromatic N) is 1. The molecule has 0 aliphatic carbocycles. The molecule has 0 aromatic carbocycles. The highest BCUT2D eigenvalue weighted by atomic mass is 16.7. The predicted molar refractivity (Wildman–Crippen MR) is 87.4 cm³/mol. The molecule has 134 valence electrons. The van der Waals surface area contributed by atoms with E-state index in [1.54, 1.807) is 4.90 Å². The number of ether oxygens (including phenoxy) is 3. The van der Waals surface area contributed by atoms with Crippen LogP contribution in [0.3, 0.4) is 0 Å². The normalized spacial score (nSPS) is 20.5. The fourth-order valence-corrected chi connectivity index (χ4v) is 2.42. The Bertz CT molecular complexity index is 374. The van der Waals surface area contributed by atoms with E-state index >= 15 is 0 Å². The fraction of sp³-hybridized carbons (Fsp3) is 0.882. The molecule has 1 amide bonds. The van der Waals surface area contributed by atoms with Crippen LogP contribution < -0.4 is 0 Å². The summed E-state index contributed by atoms with van der Waals surface area (Å²) in [7, 11) is 0. The first kappa shape index (κ1) is 19.6. The minimum absolute atomic E-state index is 0.0664. The van der Waals surface area contributed by atoms with Crippen molar-refractivity contribution >= 4 is 12.2 Å². The van der Waals surface area contributed by atoms with Crippen molar-refractivity contribution in [2.45, 2.75) is 84.5 Å². The third kappa shape index (κ3) is 7.10. The van der Waals surface area contributed by atoms with E-state index in [4.69, 9.17) is 14.2 Å². The highest BCUT2D eigenvalue weighted by Gasteiger charge is 2.28. The van der Waals surface area contributed by atoms with Gasteiger partial charge in [0.2, 0.25) is 0 Å². The molecule has 23 heavy (non-hydrogen) atoms. The average molecular weight is 329 g/mol. The van der Waals surface area contributed by atoms with Gasteiger partial charge in [-0.15, -0.1) is 0 Å². The predicted octanol–water partition coefficient (Wildman–Crippen LogP) is 4.12. The van der Waals surface area contributed by atoms with E-state index in [9.17, 15) is 9.59 Å². The Kier molecular flexibility index (Phi) is 8.81. The van der Waals surface area contributed by atoms with Crippen LogP contribution in [-0.2, 0) is 14.2 Å². The van der Waals surface area contributed by atoms with Gasteiger partial charge in [-0.3, -0.25) is 0 Å². The topological polar surface area (TPSA) is 65.1 Å². The summed E-state index contributed by atoms with van der Waals surface area (Å²) in [5.74, 6) is 0. The van der Waals surface area contributed by atoms with Gasteiger partial charge in [0.05, 0.1) is 6.61 Å². The number of likely N-dealkylation sites (tertiary alicyclic amines) is 1. The SMILES string of the molecule is CCC(C)OC(=O)OCCC1CCCCN1C(=O)OC(C)CC. The molecule has 0 bridgehead atoms. The van der Waals surface area contributed by atoms with Gasteiger partial charge in [-0.25, -0.2) is 9.59 Å². The van der Waals surface area contributed by atoms with Gasteiger partial charge in [-0.1, -0.05) is 13.8 Å². The van der Waals surface area contributed by atoms with Crippen LogP contribution in [0.5, 0.6) is 0 Å². The van der Waals surface area contributed by atoms with Crippen LogP contribution in [0, 0.1) is 0 Å². The van der Waals surface area contributed by atoms with Gasteiger partial charge in [-0.2, -0.15) is 0 Å². The Hall–Kier alpha value is -1.46. The lowest BCUT2D eigenvalue weighted by molar-refractivity contribution is 0.0165. The first-order valence-electron chi connectivity index (χ1n) is 8.78. The van der Waals surface area contributed by atoms with Crippen LogP contribution in [0.4, 0.5) is 9.59 Å². The standard InChI is InChI=1S/C17H31NO5/c1-5-13(3)22-16(19)18-11-8-7-9-15(18)10-12-21-17(20)23-14(4)6-2/h13-15H,5-12H2,1-4H3. The van der Waals surface area contributed by atoms with Crippen LogP contribution in [0.1, 0.15) is 66.2 Å². The van der Waals surface area contributed by atoms with E-state index in [0.29, 0.717) is 13.0 Å². The number of rotatable bonds is 7. The minimum Gasteiger partial charge on any atom is -0.446 e. The van der Waals surface area contributed by atoms with Crippen LogP contribution in [0.2, 0.25) is 0 Å². The molecule has 6 nitrogen and oxygen atoms in total. The smallest absolute Gasteiger partial charge is 0.446 e. The Morgan fingerprint density at radius 3 is 2.39 bits per heavy atom. The highest BCUT2D eigenvalue weighted by Crippen LogP contribution is 2.21. The van der Waals surface area contributed by atoms with Crippen molar-refractivity contribution in [3.63, 3.8) is 0 Å². The zero-order chi connectivity index (χ0) is 17.2. The molecule has 1 fully saturated rings. The maximum Gasteiger partial charge on any atom is 0.508 e. The summed E-state index contributed by atoms with van der Waals surface area (Å²) >= 11 is 0. The third-order valence-corrected chi connectivity index (χ3v) is 4.28. The van der Waals surface area contributed by atoms with Crippen molar-refractivity contribution in [3.8, 4) is 0 Å². The van der Waals surface area contributed by atoms with Crippen LogP contribution >= 0.6 is 0 Å². The van der Waals surface area contributed by atoms with Gasteiger partial charge in [0.1, 0.15) is 12.2 Å². The zero-order valence-electron chi connectivity index (χ0n) is 14.9. The number of hydrogen-bond acceptors (Lipinski definition) is 5. The molecule has 0 N–H and O–H groups in total. The second-order valence-corrected chi connectivity index (χ2v) is 6.17. The molecule has 0 spiro atoms. The molecule has 1 saturated heterocycles. The van der Waals surface area contributed by atoms with Crippen LogP contribution in [0.15, 0.2) is 0 Å². The molecular formula is C17H31NO5. The summed E-state index contributed by atoms with van der Waals surface area (Å²) in [5.41, 5.74) is 0. The average Bonchev–Trinajstić information content (AvgIpc) is 2.54. The molecule has 1 rings (SSSR count). The maximum absolute atomic E-state index is 12.2. The molecule has 0 aromatic rings. The molecular weight excluding hydrogens is 298 g/mol. The van der Waals surface area contributed by atoms with Crippen molar-refractivity contribution in [1.29, 1.82) is 0 Å². The third-order valence-electron chi connectivity index (χ3n) is 4.28.